The Morgan fingerprint density at radius 2 is 1.16 bits per heavy atom. The lowest BCUT2D eigenvalue weighted by Gasteiger charge is -2.32. The molecule has 0 spiro atoms. The molecular weight excluding hydrogens is 964 g/mol. The van der Waals surface area contributed by atoms with Crippen molar-refractivity contribution in [3.63, 3.8) is 0 Å². The van der Waals surface area contributed by atoms with E-state index in [2.05, 4.69) is 147 Å². The number of alkyl halides is 1. The average Bonchev–Trinajstić information content (AvgIpc) is 4.04. The summed E-state index contributed by atoms with van der Waals surface area (Å²) in [6, 6.07) is 41.3. The highest BCUT2D eigenvalue weighted by Gasteiger charge is 2.56. The maximum absolute atomic E-state index is 14.0. The molecule has 2 unspecified atom stereocenters. The van der Waals surface area contributed by atoms with Crippen LogP contribution in [0.3, 0.4) is 0 Å². The number of fused-ring (bicyclic) bond motifs is 4. The molecule has 4 nitrogen and oxygen atoms in total. The first-order valence-electron chi connectivity index (χ1n) is 21.1. The van der Waals surface area contributed by atoms with Gasteiger partial charge in [0.1, 0.15) is 5.92 Å². The highest BCUT2D eigenvalue weighted by molar-refractivity contribution is 9.11. The van der Waals surface area contributed by atoms with Gasteiger partial charge in [0.05, 0.1) is 11.0 Å². The van der Waals surface area contributed by atoms with Crippen molar-refractivity contribution in [2.45, 2.75) is 70.7 Å². The van der Waals surface area contributed by atoms with E-state index in [1.165, 1.54) is 39.0 Å². The van der Waals surface area contributed by atoms with Gasteiger partial charge in [-0.1, -0.05) is 169 Å². The van der Waals surface area contributed by atoms with Gasteiger partial charge >= 0.3 is 0 Å². The van der Waals surface area contributed by atoms with Crippen molar-refractivity contribution in [2.75, 3.05) is 7.11 Å². The lowest BCUT2D eigenvalue weighted by Crippen LogP contribution is -2.46. The minimum absolute atomic E-state index is 0.103. The zero-order valence-corrected chi connectivity index (χ0v) is 40.5. The Balaban J connectivity index is 0.000000146. The number of carbonyl (C=O) groups is 3. The van der Waals surface area contributed by atoms with Crippen LogP contribution < -0.4 is 0 Å². The van der Waals surface area contributed by atoms with Crippen LogP contribution in [0.4, 0.5) is 0 Å². The third-order valence-corrected chi connectivity index (χ3v) is 16.5. The first-order chi connectivity index (χ1) is 29.8. The molecule has 6 aromatic rings. The molecule has 4 aliphatic carbocycles. The maximum atomic E-state index is 14.0. The number of aryl methyl sites for hydroxylation is 2. The second-order valence-corrected chi connectivity index (χ2v) is 19.3. The van der Waals surface area contributed by atoms with Crippen LogP contribution in [0.15, 0.2) is 136 Å². The Labute approximate surface area is 390 Å². The van der Waals surface area contributed by atoms with Crippen molar-refractivity contribution in [1.82, 2.24) is 0 Å². The number of halogens is 3. The summed E-state index contributed by atoms with van der Waals surface area (Å²) >= 11 is 10.6. The largest absolute Gasteiger partial charge is 0.376 e. The first-order valence-corrected chi connectivity index (χ1v) is 23.8. The average molecular weight is 1010 g/mol. The van der Waals surface area contributed by atoms with Gasteiger partial charge < -0.3 is 4.74 Å². The van der Waals surface area contributed by atoms with Crippen LogP contribution in [0.5, 0.6) is 0 Å². The van der Waals surface area contributed by atoms with E-state index in [1.54, 1.807) is 7.11 Å². The topological polar surface area (TPSA) is 60.4 Å². The molecule has 4 aliphatic rings. The second-order valence-electron chi connectivity index (χ2n) is 17.2. The van der Waals surface area contributed by atoms with Crippen LogP contribution in [-0.2, 0) is 42.2 Å². The van der Waals surface area contributed by atoms with Crippen LogP contribution in [0.1, 0.15) is 92.3 Å². The van der Waals surface area contributed by atoms with Crippen molar-refractivity contribution in [3.05, 3.63) is 214 Å². The number of ether oxygens (including phenoxy) is 1. The fourth-order valence-corrected chi connectivity index (χ4v) is 11.2. The number of allylic oxidation sites excluding steroid dienone is 1. The molecule has 0 aromatic heterocycles. The molecule has 0 radical (unpaired) electrons. The van der Waals surface area contributed by atoms with E-state index in [9.17, 15) is 14.4 Å². The zero-order valence-electron chi connectivity index (χ0n) is 35.7. The van der Waals surface area contributed by atoms with Crippen LogP contribution in [0.2, 0.25) is 0 Å². The van der Waals surface area contributed by atoms with Crippen LogP contribution in [0, 0.1) is 39.0 Å². The third kappa shape index (κ3) is 7.89. The highest BCUT2D eigenvalue weighted by atomic mass is 79.9. The van der Waals surface area contributed by atoms with Gasteiger partial charge in [-0.3, -0.25) is 14.4 Å². The molecule has 0 heterocycles. The van der Waals surface area contributed by atoms with Crippen molar-refractivity contribution < 1.29 is 19.1 Å². The van der Waals surface area contributed by atoms with E-state index in [0.29, 0.717) is 24.0 Å². The van der Waals surface area contributed by atoms with Gasteiger partial charge in [-0.05, 0) is 120 Å². The highest BCUT2D eigenvalue weighted by Crippen LogP contribution is 2.51. The fourth-order valence-electron chi connectivity index (χ4n) is 10.1. The summed E-state index contributed by atoms with van der Waals surface area (Å²) in [6.07, 6.45) is 5.85. The predicted octanol–water partition coefficient (Wildman–Crippen LogP) is 13.5. The summed E-state index contributed by atoms with van der Waals surface area (Å²) in [7, 11) is 1.61. The number of Topliss-reactive ketones (excluding diaryl/α,β-unsaturated/α-hetero) is 3. The Kier molecular flexibility index (Phi) is 12.7. The van der Waals surface area contributed by atoms with Crippen LogP contribution >= 0.6 is 47.8 Å². The summed E-state index contributed by atoms with van der Waals surface area (Å²) in [4.78, 5) is 40.5. The summed E-state index contributed by atoms with van der Waals surface area (Å²) in [5.41, 5.74) is 14.8. The molecule has 0 amide bonds. The molecular formula is C55H49Br3O4. The lowest BCUT2D eigenvalue weighted by atomic mass is 9.71. The first kappa shape index (κ1) is 44.1. The van der Waals surface area contributed by atoms with Gasteiger partial charge in [0.15, 0.2) is 17.3 Å². The van der Waals surface area contributed by atoms with E-state index in [1.807, 2.05) is 56.3 Å². The van der Waals surface area contributed by atoms with Crippen LogP contribution in [0.25, 0.3) is 6.08 Å². The minimum Gasteiger partial charge on any atom is -0.376 e. The molecule has 0 bridgehead atoms. The van der Waals surface area contributed by atoms with Gasteiger partial charge in [-0.15, -0.1) is 0 Å². The molecule has 62 heavy (non-hydrogen) atoms. The number of hydrogen-bond donors (Lipinski definition) is 0. The maximum Gasteiger partial charge on any atom is 0.177 e. The Morgan fingerprint density at radius 1 is 0.629 bits per heavy atom. The van der Waals surface area contributed by atoms with Gasteiger partial charge in [-0.25, -0.2) is 0 Å². The molecule has 0 saturated heterocycles. The SMILES string of the molecule is BrCc1ccccc1.COC1(C2C(=O)c3cc(C)c(Br)c(C)c3C2=O)Cc2ccccc2C1.Cc1cc2c(c(C)c1Br)CC(Cc1ccccc1)(C1=Cc3ccccc3C1)C2=O. The van der Waals surface area contributed by atoms with Gasteiger partial charge in [0.2, 0.25) is 0 Å². The number of carbonyl (C=O) groups excluding carboxylic acids is 3. The molecule has 7 heteroatoms. The molecule has 0 N–H and O–H groups in total. The number of ketones is 3. The van der Waals surface area contributed by atoms with E-state index >= 15 is 0 Å². The summed E-state index contributed by atoms with van der Waals surface area (Å²) in [6.45, 7) is 8.05. The number of hydrogen-bond acceptors (Lipinski definition) is 4. The van der Waals surface area contributed by atoms with Gasteiger partial charge in [0.25, 0.3) is 0 Å². The molecule has 0 fully saturated rings. The van der Waals surface area contributed by atoms with E-state index in [4.69, 9.17) is 4.74 Å². The van der Waals surface area contributed by atoms with Crippen molar-refractivity contribution in [2.24, 2.45) is 11.3 Å². The number of benzene rings is 6. The van der Waals surface area contributed by atoms with E-state index in [-0.39, 0.29) is 17.3 Å². The van der Waals surface area contributed by atoms with E-state index in [0.717, 1.165) is 66.9 Å². The summed E-state index contributed by atoms with van der Waals surface area (Å²) < 4.78 is 7.91. The van der Waals surface area contributed by atoms with Gasteiger partial charge in [-0.2, -0.15) is 0 Å². The molecule has 0 aliphatic heterocycles. The smallest absolute Gasteiger partial charge is 0.177 e. The molecule has 6 aromatic carbocycles. The molecule has 314 valence electrons. The van der Waals surface area contributed by atoms with Crippen molar-refractivity contribution >= 4 is 71.2 Å². The Morgan fingerprint density at radius 3 is 1.73 bits per heavy atom. The monoisotopic (exact) mass is 1010 g/mol. The molecule has 0 saturated carbocycles. The fraction of sp³-hybridized carbons (Fsp3) is 0.255. The second kappa shape index (κ2) is 17.9. The third-order valence-electron chi connectivity index (χ3n) is 13.4. The summed E-state index contributed by atoms with van der Waals surface area (Å²) in [5, 5.41) is 0.952. The number of rotatable bonds is 6. The summed E-state index contributed by atoms with van der Waals surface area (Å²) in [5.74, 6) is -0.692. The molecule has 10 rings (SSSR count). The quantitative estimate of drug-likeness (QED) is 0.123. The van der Waals surface area contributed by atoms with Crippen molar-refractivity contribution in [1.29, 1.82) is 0 Å². The van der Waals surface area contributed by atoms with Crippen LogP contribution in [-0.4, -0.2) is 30.1 Å². The predicted molar refractivity (Wildman–Crippen MR) is 261 cm³/mol. The number of methoxy groups -OCH3 is 1. The molecule has 2 atom stereocenters. The lowest BCUT2D eigenvalue weighted by molar-refractivity contribution is -0.0311. The minimum atomic E-state index is -0.788. The Hall–Kier alpha value is -4.53. The zero-order chi connectivity index (χ0) is 43.9. The van der Waals surface area contributed by atoms with E-state index < -0.39 is 16.9 Å². The Bertz CT molecular complexity index is 2750. The van der Waals surface area contributed by atoms with Crippen molar-refractivity contribution in [3.8, 4) is 0 Å². The normalized spacial score (nSPS) is 18.8. The standard InChI is InChI=1S/C27H23BrO.C21H19BrO3.C7H7Br/c1-17-12-23-24(18(2)25(17)28)16-27(26(23)29,15-19-8-4-3-5-9-19)22-13-20-10-6-7-11-21(20)14-22;1-11-8-15-16(12(2)18(11)22)20(24)17(19(15)23)21(25-3)9-13-6-4-5-7-14(13)10-21;8-6-7-4-2-1-3-5-7/h3-13H,14-16H2,1-2H3;4-8,17H,9-10H2,1-3H3;1-5H,6H2. The van der Waals surface area contributed by atoms with Gasteiger partial charge in [0, 0.05) is 50.9 Å².